The molecule has 3 atom stereocenters. The second-order valence-electron chi connectivity index (χ2n) is 5.77. The molecule has 0 N–H and O–H groups in total. The summed E-state index contributed by atoms with van der Waals surface area (Å²) in [7, 11) is -1.50. The van der Waals surface area contributed by atoms with Crippen LogP contribution in [0.4, 0.5) is 0 Å². The zero-order valence-electron chi connectivity index (χ0n) is 26.6. The first-order valence-corrected chi connectivity index (χ1v) is 7.70. The summed E-state index contributed by atoms with van der Waals surface area (Å²) >= 11 is 0. The predicted octanol–water partition coefficient (Wildman–Crippen LogP) is 3.63. The van der Waals surface area contributed by atoms with Gasteiger partial charge in [-0.1, -0.05) is 20.1 Å². The molecule has 4 heteroatoms. The van der Waals surface area contributed by atoms with E-state index in [0.29, 0.717) is 11.1 Å². The van der Waals surface area contributed by atoms with E-state index in [0.717, 1.165) is 6.92 Å². The summed E-state index contributed by atoms with van der Waals surface area (Å²) < 4.78 is 115. The summed E-state index contributed by atoms with van der Waals surface area (Å²) in [5.41, 5.74) is 1.02. The maximum atomic E-state index is 13.4. The second kappa shape index (κ2) is 7.14. The van der Waals surface area contributed by atoms with Crippen LogP contribution in [0.15, 0.2) is 12.1 Å². The molecule has 1 aromatic carbocycles. The molecular weight excluding hydrogens is 302 g/mol. The van der Waals surface area contributed by atoms with Crippen molar-refractivity contribution in [3.8, 4) is 11.5 Å². The lowest BCUT2D eigenvalue weighted by atomic mass is 9.79. The molecule has 132 valence electrons. The van der Waals surface area contributed by atoms with Crippen molar-refractivity contribution in [1.82, 2.24) is 4.90 Å². The Hall–Kier alpha value is -1.55. The maximum Gasteiger partial charge on any atom is 0.161 e. The molecule has 24 heavy (non-hydrogen) atoms. The predicted molar refractivity (Wildman–Crippen MR) is 94.8 cm³/mol. The third-order valence-electron chi connectivity index (χ3n) is 4.44. The molecule has 0 aliphatic carbocycles. The van der Waals surface area contributed by atoms with Gasteiger partial charge in [0, 0.05) is 45.1 Å². The van der Waals surface area contributed by atoms with E-state index in [2.05, 4.69) is 0 Å². The number of carbonyl (C=O) groups excluding carboxylic acids is 1. The first-order chi connectivity index (χ1) is 16.5. The van der Waals surface area contributed by atoms with Gasteiger partial charge in [-0.2, -0.15) is 0 Å². The minimum Gasteiger partial charge on any atom is -0.493 e. The van der Waals surface area contributed by atoms with Crippen LogP contribution in [0, 0.1) is 11.8 Å². The first kappa shape index (κ1) is 7.36. The number of rotatable bonds is 5. The first-order valence-electron chi connectivity index (χ1n) is 14.2. The van der Waals surface area contributed by atoms with Crippen LogP contribution in [0.1, 0.15) is 67.9 Å². The van der Waals surface area contributed by atoms with Gasteiger partial charge >= 0.3 is 0 Å². The average Bonchev–Trinajstić information content (AvgIpc) is 2.69. The van der Waals surface area contributed by atoms with Crippen molar-refractivity contribution in [1.29, 1.82) is 0 Å². The zero-order valence-corrected chi connectivity index (χ0v) is 13.6. The zero-order chi connectivity index (χ0) is 28.6. The Labute approximate surface area is 163 Å². The summed E-state index contributed by atoms with van der Waals surface area (Å²) in [5.74, 6) is -6.80. The van der Waals surface area contributed by atoms with Gasteiger partial charge in [-0.05, 0) is 41.9 Å². The summed E-state index contributed by atoms with van der Waals surface area (Å²) in [4.78, 5) is 14.6. The molecule has 1 fully saturated rings. The fourth-order valence-corrected chi connectivity index (χ4v) is 3.20. The molecule has 3 rings (SSSR count). The molecule has 0 radical (unpaired) electrons. The fourth-order valence-electron chi connectivity index (χ4n) is 3.20. The second-order valence-corrected chi connectivity index (χ2v) is 5.77. The molecule has 0 amide bonds. The molecular formula is C20H29NO3. The van der Waals surface area contributed by atoms with Crippen LogP contribution in [0.5, 0.6) is 11.5 Å². The summed E-state index contributed by atoms with van der Waals surface area (Å²) in [6.45, 7) is -5.62. The van der Waals surface area contributed by atoms with Crippen molar-refractivity contribution in [3.05, 3.63) is 23.3 Å². The Morgan fingerprint density at radius 1 is 1.50 bits per heavy atom. The molecule has 2 heterocycles. The molecule has 0 bridgehead atoms. The van der Waals surface area contributed by atoms with Crippen LogP contribution < -0.4 is 9.47 Å². The molecule has 2 aliphatic heterocycles. The Kier molecular flexibility index (Phi) is 2.19. The SMILES string of the molecule is [2H]C([2H])([2H])Oc1cc2c(cc1OC)CCN1C2CC(=O)C(C([2H])([2H])C([2H])(C([2H])([2H])[2H])C([2H])([2H])C)C1([2H])[2H]. The van der Waals surface area contributed by atoms with Crippen LogP contribution in [0.3, 0.4) is 0 Å². The molecule has 2 aliphatic rings. The van der Waals surface area contributed by atoms with Gasteiger partial charge in [0.25, 0.3) is 0 Å². The quantitative estimate of drug-likeness (QED) is 0.818. The number of carbonyl (C=O) groups is 1. The standard InChI is InChI=1S/C20H29NO3/c1-5-13(2)8-15-12-21-7-6-14-9-19(23-3)20(24-4)10-16(14)17(21)11-18(15)22/h9-10,13,15,17H,5-8,11-12H2,1-4H3/i2D3,4D3,5D2,8D2,12D2,13D. The normalized spacial score (nSPS) is 38.6. The third-order valence-corrected chi connectivity index (χ3v) is 4.44. The highest BCUT2D eigenvalue weighted by Gasteiger charge is 2.38. The number of nitrogens with zero attached hydrogens (tertiary/aromatic N) is 1. The molecule has 3 unspecified atom stereocenters. The number of benzene rings is 1. The minimum atomic E-state index is -3.53. The summed E-state index contributed by atoms with van der Waals surface area (Å²) in [6, 6.07) is 1.92. The van der Waals surface area contributed by atoms with E-state index >= 15 is 0 Å². The van der Waals surface area contributed by atoms with E-state index in [9.17, 15) is 4.79 Å². The van der Waals surface area contributed by atoms with Gasteiger partial charge in [0.2, 0.25) is 0 Å². The van der Waals surface area contributed by atoms with Gasteiger partial charge in [-0.15, -0.1) is 0 Å². The smallest absolute Gasteiger partial charge is 0.161 e. The topological polar surface area (TPSA) is 38.8 Å². The number of piperidine rings is 1. The van der Waals surface area contributed by atoms with Gasteiger partial charge in [0.05, 0.1) is 18.3 Å². The van der Waals surface area contributed by atoms with Crippen molar-refractivity contribution in [2.24, 2.45) is 11.8 Å². The van der Waals surface area contributed by atoms with Crippen molar-refractivity contribution >= 4 is 5.78 Å². The van der Waals surface area contributed by atoms with Crippen LogP contribution in [-0.2, 0) is 11.2 Å². The van der Waals surface area contributed by atoms with E-state index in [1.807, 2.05) is 0 Å². The van der Waals surface area contributed by atoms with Crippen molar-refractivity contribution in [2.75, 3.05) is 27.2 Å². The Morgan fingerprint density at radius 2 is 2.33 bits per heavy atom. The summed E-state index contributed by atoms with van der Waals surface area (Å²) in [5, 5.41) is 0. The van der Waals surface area contributed by atoms with E-state index < -0.39 is 63.2 Å². The number of ether oxygens (including phenoxy) is 2. The number of hydrogen-bond acceptors (Lipinski definition) is 4. The third kappa shape index (κ3) is 3.16. The van der Waals surface area contributed by atoms with Gasteiger partial charge in [-0.25, -0.2) is 0 Å². The maximum absolute atomic E-state index is 13.4. The lowest BCUT2D eigenvalue weighted by molar-refractivity contribution is -0.129. The van der Waals surface area contributed by atoms with E-state index in [4.69, 9.17) is 27.3 Å². The van der Waals surface area contributed by atoms with Crippen LogP contribution in [0.2, 0.25) is 0 Å². The fraction of sp³-hybridized carbons (Fsp3) is 0.650. The monoisotopic (exact) mass is 344 g/mol. The molecule has 4 nitrogen and oxygen atoms in total. The van der Waals surface area contributed by atoms with Crippen LogP contribution in [0.25, 0.3) is 0 Å². The Morgan fingerprint density at radius 3 is 3.04 bits per heavy atom. The molecule has 1 aromatic rings. The van der Waals surface area contributed by atoms with Crippen molar-refractivity contribution < 1.29 is 32.1 Å². The Bertz CT molecular complexity index is 1050. The van der Waals surface area contributed by atoms with E-state index in [1.165, 1.54) is 24.1 Å². The number of hydrogen-bond donors (Lipinski definition) is 0. The largest absolute Gasteiger partial charge is 0.493 e. The number of fused-ring (bicyclic) bond motifs is 3. The van der Waals surface area contributed by atoms with Crippen molar-refractivity contribution in [2.45, 2.75) is 45.4 Å². The lowest BCUT2D eigenvalue weighted by Crippen LogP contribution is -2.46. The molecule has 0 aromatic heterocycles. The minimum absolute atomic E-state index is 0.00899. The summed E-state index contributed by atoms with van der Waals surface area (Å²) in [6.07, 6.45) is -6.68. The number of methoxy groups -OCH3 is 2. The molecule has 0 saturated carbocycles. The van der Waals surface area contributed by atoms with E-state index in [1.54, 1.807) is 0 Å². The van der Waals surface area contributed by atoms with Gasteiger partial charge in [-0.3, -0.25) is 9.69 Å². The van der Waals surface area contributed by atoms with Crippen molar-refractivity contribution in [3.63, 3.8) is 0 Å². The highest BCUT2D eigenvalue weighted by atomic mass is 16.5. The molecule has 0 spiro atoms. The number of Topliss-reactive ketones (excluding diaryl/α,β-unsaturated/α-hetero) is 1. The number of ketones is 1. The van der Waals surface area contributed by atoms with Crippen LogP contribution >= 0.6 is 0 Å². The van der Waals surface area contributed by atoms with Crippen LogP contribution in [-0.4, -0.2) is 37.9 Å². The average molecular weight is 345 g/mol. The lowest BCUT2D eigenvalue weighted by Gasteiger charge is -2.43. The Balaban J connectivity index is 2.13. The van der Waals surface area contributed by atoms with Gasteiger partial charge in [0.1, 0.15) is 5.78 Å². The van der Waals surface area contributed by atoms with E-state index in [-0.39, 0.29) is 24.5 Å². The van der Waals surface area contributed by atoms with Gasteiger partial charge in [0.15, 0.2) is 11.5 Å². The molecule has 1 saturated heterocycles. The highest BCUT2D eigenvalue weighted by Crippen LogP contribution is 2.42. The van der Waals surface area contributed by atoms with Gasteiger partial charge < -0.3 is 9.47 Å². The highest BCUT2D eigenvalue weighted by molar-refractivity contribution is 5.83.